The van der Waals surface area contributed by atoms with Crippen LogP contribution < -0.4 is 0 Å². The van der Waals surface area contributed by atoms with Crippen molar-refractivity contribution in [2.24, 2.45) is 0 Å². The SMILES string of the molecule is COCC1CC(OC)CN1C(=O)OC(C)(C)C. The molecule has 1 aliphatic rings. The summed E-state index contributed by atoms with van der Waals surface area (Å²) in [5.74, 6) is 0. The Morgan fingerprint density at radius 1 is 1.35 bits per heavy atom. The summed E-state index contributed by atoms with van der Waals surface area (Å²) in [6, 6.07) is 0.0415. The zero-order valence-corrected chi connectivity index (χ0v) is 11.4. The van der Waals surface area contributed by atoms with Gasteiger partial charge in [-0.3, -0.25) is 0 Å². The van der Waals surface area contributed by atoms with Crippen molar-refractivity contribution in [1.29, 1.82) is 0 Å². The fraction of sp³-hybridized carbons (Fsp3) is 0.917. The van der Waals surface area contributed by atoms with E-state index in [2.05, 4.69) is 0 Å². The standard InChI is InChI=1S/C12H23NO4/c1-12(2,3)17-11(14)13-7-10(16-5)6-9(13)8-15-4/h9-10H,6-8H2,1-5H3. The van der Waals surface area contributed by atoms with Crippen LogP contribution in [0.3, 0.4) is 0 Å². The molecule has 1 fully saturated rings. The van der Waals surface area contributed by atoms with Crippen molar-refractivity contribution in [3.8, 4) is 0 Å². The van der Waals surface area contributed by atoms with Crippen LogP contribution >= 0.6 is 0 Å². The highest BCUT2D eigenvalue weighted by molar-refractivity contribution is 5.69. The number of nitrogens with zero attached hydrogens (tertiary/aromatic N) is 1. The van der Waals surface area contributed by atoms with Gasteiger partial charge in [-0.2, -0.15) is 0 Å². The highest BCUT2D eigenvalue weighted by Gasteiger charge is 2.37. The molecule has 0 radical (unpaired) electrons. The molecule has 17 heavy (non-hydrogen) atoms. The van der Waals surface area contributed by atoms with E-state index in [4.69, 9.17) is 14.2 Å². The molecule has 0 aromatic heterocycles. The highest BCUT2D eigenvalue weighted by Crippen LogP contribution is 2.22. The molecule has 1 heterocycles. The summed E-state index contributed by atoms with van der Waals surface area (Å²) >= 11 is 0. The molecule has 100 valence electrons. The zero-order valence-electron chi connectivity index (χ0n) is 11.4. The molecule has 0 saturated carbocycles. The fourth-order valence-corrected chi connectivity index (χ4v) is 1.94. The molecule has 0 aliphatic carbocycles. The molecule has 5 heteroatoms. The van der Waals surface area contributed by atoms with Crippen LogP contribution in [0.2, 0.25) is 0 Å². The average molecular weight is 245 g/mol. The molecule has 2 atom stereocenters. The normalized spacial score (nSPS) is 25.1. The van der Waals surface area contributed by atoms with E-state index in [1.165, 1.54) is 0 Å². The Bertz CT molecular complexity index is 262. The smallest absolute Gasteiger partial charge is 0.410 e. The third kappa shape index (κ3) is 4.16. The van der Waals surface area contributed by atoms with Crippen LogP contribution in [-0.4, -0.2) is 56.1 Å². The summed E-state index contributed by atoms with van der Waals surface area (Å²) in [4.78, 5) is 13.7. The third-order valence-corrected chi connectivity index (χ3v) is 2.70. The quantitative estimate of drug-likeness (QED) is 0.758. The van der Waals surface area contributed by atoms with E-state index in [0.717, 1.165) is 6.42 Å². The second-order valence-electron chi connectivity index (χ2n) is 5.34. The first-order valence-electron chi connectivity index (χ1n) is 5.88. The van der Waals surface area contributed by atoms with Gasteiger partial charge < -0.3 is 19.1 Å². The van der Waals surface area contributed by atoms with Gasteiger partial charge in [0.15, 0.2) is 0 Å². The Kier molecular flexibility index (Phi) is 4.77. The van der Waals surface area contributed by atoms with Gasteiger partial charge in [0, 0.05) is 14.2 Å². The summed E-state index contributed by atoms with van der Waals surface area (Å²) < 4.78 is 15.8. The highest BCUT2D eigenvalue weighted by atomic mass is 16.6. The van der Waals surface area contributed by atoms with Crippen LogP contribution in [0.15, 0.2) is 0 Å². The lowest BCUT2D eigenvalue weighted by Gasteiger charge is -2.28. The van der Waals surface area contributed by atoms with E-state index >= 15 is 0 Å². The third-order valence-electron chi connectivity index (χ3n) is 2.70. The topological polar surface area (TPSA) is 48.0 Å². The van der Waals surface area contributed by atoms with Gasteiger partial charge in [-0.15, -0.1) is 0 Å². The van der Waals surface area contributed by atoms with Crippen molar-refractivity contribution >= 4 is 6.09 Å². The molecule has 0 N–H and O–H groups in total. The van der Waals surface area contributed by atoms with E-state index < -0.39 is 5.60 Å². The molecule has 0 aromatic carbocycles. The summed E-state index contributed by atoms with van der Waals surface area (Å²) in [5.41, 5.74) is -0.472. The predicted octanol–water partition coefficient (Wildman–Crippen LogP) is 1.66. The van der Waals surface area contributed by atoms with Crippen molar-refractivity contribution in [2.45, 2.75) is 44.9 Å². The molecule has 1 aliphatic heterocycles. The first-order chi connectivity index (χ1) is 7.87. The lowest BCUT2D eigenvalue weighted by Crippen LogP contribution is -2.41. The maximum atomic E-state index is 12.0. The Hall–Kier alpha value is -0.810. The number of ether oxygens (including phenoxy) is 3. The molecule has 1 rings (SSSR count). The van der Waals surface area contributed by atoms with Crippen LogP contribution in [0.4, 0.5) is 4.79 Å². The number of rotatable bonds is 3. The molecule has 2 unspecified atom stereocenters. The fourth-order valence-electron chi connectivity index (χ4n) is 1.94. The molecule has 1 saturated heterocycles. The van der Waals surface area contributed by atoms with Crippen molar-refractivity contribution in [2.75, 3.05) is 27.4 Å². The average Bonchev–Trinajstić information content (AvgIpc) is 2.59. The number of methoxy groups -OCH3 is 2. The Morgan fingerprint density at radius 3 is 2.47 bits per heavy atom. The van der Waals surface area contributed by atoms with Crippen LogP contribution in [0.5, 0.6) is 0 Å². The van der Waals surface area contributed by atoms with Crippen LogP contribution in [0.1, 0.15) is 27.2 Å². The number of likely N-dealkylation sites (tertiary alicyclic amines) is 1. The van der Waals surface area contributed by atoms with Gasteiger partial charge >= 0.3 is 6.09 Å². The van der Waals surface area contributed by atoms with E-state index in [9.17, 15) is 4.79 Å². The van der Waals surface area contributed by atoms with E-state index in [-0.39, 0.29) is 18.2 Å². The number of hydrogen-bond acceptors (Lipinski definition) is 4. The van der Waals surface area contributed by atoms with Gasteiger partial charge in [0.05, 0.1) is 25.3 Å². The van der Waals surface area contributed by atoms with Crippen molar-refractivity contribution in [3.05, 3.63) is 0 Å². The summed E-state index contributed by atoms with van der Waals surface area (Å²) in [7, 11) is 3.29. The lowest BCUT2D eigenvalue weighted by atomic mass is 10.2. The maximum absolute atomic E-state index is 12.0. The number of hydrogen-bond donors (Lipinski definition) is 0. The number of carbonyl (C=O) groups is 1. The van der Waals surface area contributed by atoms with E-state index in [0.29, 0.717) is 13.2 Å². The maximum Gasteiger partial charge on any atom is 0.410 e. The Labute approximate surface area is 103 Å². The lowest BCUT2D eigenvalue weighted by molar-refractivity contribution is 0.0130. The molecule has 5 nitrogen and oxygen atoms in total. The summed E-state index contributed by atoms with van der Waals surface area (Å²) in [6.07, 6.45) is 0.575. The summed E-state index contributed by atoms with van der Waals surface area (Å²) in [5, 5.41) is 0. The molecule has 0 aromatic rings. The first kappa shape index (κ1) is 14.3. The minimum Gasteiger partial charge on any atom is -0.444 e. The van der Waals surface area contributed by atoms with Crippen LogP contribution in [0, 0.1) is 0 Å². The van der Waals surface area contributed by atoms with Gasteiger partial charge in [-0.1, -0.05) is 0 Å². The first-order valence-corrected chi connectivity index (χ1v) is 5.88. The minimum atomic E-state index is -0.472. The predicted molar refractivity (Wildman–Crippen MR) is 64.0 cm³/mol. The molecule has 0 spiro atoms. The largest absolute Gasteiger partial charge is 0.444 e. The molecular weight excluding hydrogens is 222 g/mol. The van der Waals surface area contributed by atoms with Gasteiger partial charge in [-0.05, 0) is 27.2 Å². The monoisotopic (exact) mass is 245 g/mol. The Morgan fingerprint density at radius 2 is 2.00 bits per heavy atom. The van der Waals surface area contributed by atoms with Gasteiger partial charge in [0.25, 0.3) is 0 Å². The number of amides is 1. The molecule has 0 bridgehead atoms. The van der Waals surface area contributed by atoms with Crippen LogP contribution in [0.25, 0.3) is 0 Å². The van der Waals surface area contributed by atoms with Crippen LogP contribution in [-0.2, 0) is 14.2 Å². The second-order valence-corrected chi connectivity index (χ2v) is 5.34. The van der Waals surface area contributed by atoms with Crippen molar-refractivity contribution in [1.82, 2.24) is 4.90 Å². The summed E-state index contributed by atoms with van der Waals surface area (Å²) in [6.45, 7) is 6.67. The van der Waals surface area contributed by atoms with Gasteiger partial charge in [-0.25, -0.2) is 4.79 Å². The van der Waals surface area contributed by atoms with Gasteiger partial charge in [0.1, 0.15) is 5.60 Å². The van der Waals surface area contributed by atoms with E-state index in [1.807, 2.05) is 20.8 Å². The molecular formula is C12H23NO4. The minimum absolute atomic E-state index is 0.0415. The molecule has 1 amide bonds. The van der Waals surface area contributed by atoms with Crippen molar-refractivity contribution < 1.29 is 19.0 Å². The zero-order chi connectivity index (χ0) is 13.1. The van der Waals surface area contributed by atoms with Crippen molar-refractivity contribution in [3.63, 3.8) is 0 Å². The number of carbonyl (C=O) groups excluding carboxylic acids is 1. The van der Waals surface area contributed by atoms with E-state index in [1.54, 1.807) is 19.1 Å². The Balaban J connectivity index is 2.63. The van der Waals surface area contributed by atoms with Gasteiger partial charge in [0.2, 0.25) is 0 Å². The second kappa shape index (κ2) is 5.69.